The van der Waals surface area contributed by atoms with E-state index in [-0.39, 0.29) is 11.9 Å². The first-order chi connectivity index (χ1) is 11.5. The molecule has 2 fully saturated rings. The lowest BCUT2D eigenvalue weighted by molar-refractivity contribution is -0.172. The van der Waals surface area contributed by atoms with Gasteiger partial charge in [0.2, 0.25) is 0 Å². The van der Waals surface area contributed by atoms with E-state index in [2.05, 4.69) is 37.0 Å². The van der Waals surface area contributed by atoms with Crippen molar-refractivity contribution in [2.75, 3.05) is 26.2 Å². The van der Waals surface area contributed by atoms with Gasteiger partial charge in [0.05, 0.1) is 12.8 Å². The van der Waals surface area contributed by atoms with Gasteiger partial charge in [-0.15, -0.1) is 0 Å². The molecule has 6 heteroatoms. The lowest BCUT2D eigenvalue weighted by Gasteiger charge is -2.43. The summed E-state index contributed by atoms with van der Waals surface area (Å²) in [5.74, 6) is 0.184. The Balaban J connectivity index is 1.73. The van der Waals surface area contributed by atoms with Gasteiger partial charge in [0.25, 0.3) is 5.91 Å². The fraction of sp³-hybridized carbons (Fsp3) is 0.778. The van der Waals surface area contributed by atoms with Crippen molar-refractivity contribution in [1.29, 1.82) is 0 Å². The highest BCUT2D eigenvalue weighted by atomic mass is 16.5. The number of likely N-dealkylation sites (tertiary alicyclic amines) is 1. The van der Waals surface area contributed by atoms with Gasteiger partial charge in [0, 0.05) is 50.5 Å². The second-order valence-corrected chi connectivity index (χ2v) is 7.31. The molecule has 24 heavy (non-hydrogen) atoms. The van der Waals surface area contributed by atoms with E-state index in [4.69, 9.17) is 4.74 Å². The molecule has 0 N–H and O–H groups in total. The Morgan fingerprint density at radius 3 is 2.88 bits per heavy atom. The highest BCUT2D eigenvalue weighted by molar-refractivity contribution is 5.86. The third-order valence-electron chi connectivity index (χ3n) is 5.19. The fourth-order valence-corrected chi connectivity index (χ4v) is 3.85. The van der Waals surface area contributed by atoms with Crippen LogP contribution >= 0.6 is 0 Å². The van der Waals surface area contributed by atoms with Gasteiger partial charge in [-0.3, -0.25) is 14.4 Å². The molecule has 3 heterocycles. The van der Waals surface area contributed by atoms with Crippen LogP contribution in [0.1, 0.15) is 45.6 Å². The van der Waals surface area contributed by atoms with Gasteiger partial charge in [-0.25, -0.2) is 0 Å². The van der Waals surface area contributed by atoms with Crippen molar-refractivity contribution < 1.29 is 9.53 Å². The summed E-state index contributed by atoms with van der Waals surface area (Å²) < 4.78 is 8.07. The Morgan fingerprint density at radius 2 is 2.17 bits per heavy atom. The normalized spacial score (nSPS) is 26.3. The lowest BCUT2D eigenvalue weighted by atomic mass is 9.93. The molecule has 1 spiro atoms. The first-order valence-electron chi connectivity index (χ1n) is 9.23. The zero-order chi connectivity index (χ0) is 17.2. The van der Waals surface area contributed by atoms with Crippen LogP contribution in [-0.2, 0) is 22.6 Å². The number of hydrogen-bond donors (Lipinski definition) is 0. The van der Waals surface area contributed by atoms with Gasteiger partial charge in [0.15, 0.2) is 5.60 Å². The molecule has 0 saturated carbocycles. The van der Waals surface area contributed by atoms with Crippen LogP contribution in [0.15, 0.2) is 12.4 Å². The zero-order valence-corrected chi connectivity index (χ0v) is 15.2. The molecule has 2 aliphatic heterocycles. The number of nitrogens with zero attached hydrogens (tertiary/aromatic N) is 4. The minimum Gasteiger partial charge on any atom is -0.362 e. The zero-order valence-electron chi connectivity index (χ0n) is 15.2. The molecule has 0 radical (unpaired) electrons. The summed E-state index contributed by atoms with van der Waals surface area (Å²) in [6, 6.07) is 0.231. The van der Waals surface area contributed by atoms with E-state index >= 15 is 0 Å². The maximum absolute atomic E-state index is 13.2. The van der Waals surface area contributed by atoms with E-state index in [1.807, 2.05) is 15.8 Å². The number of morpholine rings is 1. The molecular formula is C18H30N4O2. The number of hydrogen-bond acceptors (Lipinski definition) is 4. The summed E-state index contributed by atoms with van der Waals surface area (Å²) in [4.78, 5) is 17.5. The molecule has 2 aliphatic rings. The molecule has 1 aromatic heterocycles. The van der Waals surface area contributed by atoms with Crippen LogP contribution in [0.25, 0.3) is 0 Å². The largest absolute Gasteiger partial charge is 0.362 e. The van der Waals surface area contributed by atoms with Crippen LogP contribution in [-0.4, -0.2) is 63.4 Å². The molecule has 1 aromatic rings. The average molecular weight is 334 g/mol. The predicted octanol–water partition coefficient (Wildman–Crippen LogP) is 1.89. The first kappa shape index (κ1) is 17.4. The fourth-order valence-electron chi connectivity index (χ4n) is 3.85. The molecule has 0 aliphatic carbocycles. The molecule has 6 nitrogen and oxygen atoms in total. The van der Waals surface area contributed by atoms with Crippen LogP contribution < -0.4 is 0 Å². The van der Waals surface area contributed by atoms with Gasteiger partial charge in [-0.1, -0.05) is 0 Å². The number of aromatic nitrogens is 2. The van der Waals surface area contributed by atoms with Crippen molar-refractivity contribution in [2.45, 2.75) is 64.8 Å². The van der Waals surface area contributed by atoms with Crippen molar-refractivity contribution in [3.8, 4) is 0 Å². The molecule has 2 saturated heterocycles. The van der Waals surface area contributed by atoms with Crippen molar-refractivity contribution in [3.63, 3.8) is 0 Å². The van der Waals surface area contributed by atoms with Crippen molar-refractivity contribution in [1.82, 2.24) is 19.6 Å². The highest BCUT2D eigenvalue weighted by Gasteiger charge is 2.47. The van der Waals surface area contributed by atoms with E-state index in [1.165, 1.54) is 5.56 Å². The average Bonchev–Trinajstić information content (AvgIpc) is 2.95. The van der Waals surface area contributed by atoms with Crippen LogP contribution in [0, 0.1) is 0 Å². The molecule has 1 amide bonds. The van der Waals surface area contributed by atoms with Gasteiger partial charge in [-0.2, -0.15) is 5.10 Å². The smallest absolute Gasteiger partial charge is 0.256 e. The van der Waals surface area contributed by atoms with E-state index in [9.17, 15) is 4.79 Å². The van der Waals surface area contributed by atoms with E-state index < -0.39 is 5.60 Å². The predicted molar refractivity (Wildman–Crippen MR) is 92.6 cm³/mol. The number of rotatable bonds is 4. The van der Waals surface area contributed by atoms with Crippen LogP contribution in [0.4, 0.5) is 0 Å². The third kappa shape index (κ3) is 3.49. The Morgan fingerprint density at radius 1 is 1.33 bits per heavy atom. The number of aryl methyl sites for hydroxylation is 1. The van der Waals surface area contributed by atoms with Gasteiger partial charge < -0.3 is 9.64 Å². The topological polar surface area (TPSA) is 50.6 Å². The summed E-state index contributed by atoms with van der Waals surface area (Å²) in [6.45, 7) is 11.0. The van der Waals surface area contributed by atoms with E-state index in [0.29, 0.717) is 13.2 Å². The molecule has 3 rings (SSSR count). The summed E-state index contributed by atoms with van der Waals surface area (Å²) in [7, 11) is 0. The molecule has 134 valence electrons. The molecule has 1 unspecified atom stereocenters. The number of amides is 1. The standard InChI is InChI=1S/C18H30N4O2/c1-4-21-13-16(11-19-21)12-20-9-10-24-18(14-20)7-5-6-8-22(15(2)3)17(18)23/h11,13,15H,4-10,12,14H2,1-3H3. The summed E-state index contributed by atoms with van der Waals surface area (Å²) in [5, 5.41) is 4.35. The van der Waals surface area contributed by atoms with E-state index in [0.717, 1.165) is 45.4 Å². The first-order valence-corrected chi connectivity index (χ1v) is 9.23. The molecule has 1 atom stereocenters. The quantitative estimate of drug-likeness (QED) is 0.844. The minimum atomic E-state index is -0.653. The number of ether oxygens (including phenoxy) is 1. The highest BCUT2D eigenvalue weighted by Crippen LogP contribution is 2.31. The monoisotopic (exact) mass is 334 g/mol. The van der Waals surface area contributed by atoms with Crippen molar-refractivity contribution >= 4 is 5.91 Å². The van der Waals surface area contributed by atoms with Crippen LogP contribution in [0.2, 0.25) is 0 Å². The van der Waals surface area contributed by atoms with E-state index in [1.54, 1.807) is 0 Å². The number of carbonyl (C=O) groups excluding carboxylic acids is 1. The Labute approximate surface area is 144 Å². The van der Waals surface area contributed by atoms with Crippen LogP contribution in [0.5, 0.6) is 0 Å². The Kier molecular flexibility index (Phi) is 5.25. The Hall–Kier alpha value is -1.40. The van der Waals surface area contributed by atoms with Crippen molar-refractivity contribution in [2.24, 2.45) is 0 Å². The van der Waals surface area contributed by atoms with Gasteiger partial charge in [0.1, 0.15) is 0 Å². The maximum Gasteiger partial charge on any atom is 0.256 e. The number of carbonyl (C=O) groups is 1. The summed E-state index contributed by atoms with van der Waals surface area (Å²) in [6.07, 6.45) is 6.98. The third-order valence-corrected chi connectivity index (χ3v) is 5.19. The minimum absolute atomic E-state index is 0.184. The maximum atomic E-state index is 13.2. The summed E-state index contributed by atoms with van der Waals surface area (Å²) in [5.41, 5.74) is 0.551. The van der Waals surface area contributed by atoms with Crippen molar-refractivity contribution in [3.05, 3.63) is 18.0 Å². The van der Waals surface area contributed by atoms with Gasteiger partial charge >= 0.3 is 0 Å². The lowest BCUT2D eigenvalue weighted by Crippen LogP contribution is -2.60. The second kappa shape index (κ2) is 7.23. The molecule has 0 bridgehead atoms. The Bertz CT molecular complexity index is 571. The van der Waals surface area contributed by atoms with Crippen LogP contribution in [0.3, 0.4) is 0 Å². The SMILES string of the molecule is CCn1cc(CN2CCOC3(CCCCN(C(C)C)C3=O)C2)cn1. The molecular weight excluding hydrogens is 304 g/mol. The second-order valence-electron chi connectivity index (χ2n) is 7.31. The van der Waals surface area contributed by atoms with Gasteiger partial charge in [-0.05, 0) is 40.0 Å². The summed E-state index contributed by atoms with van der Waals surface area (Å²) >= 11 is 0. The molecule has 0 aromatic carbocycles.